The Kier molecular flexibility index (Phi) is 7.66. The van der Waals surface area contributed by atoms with E-state index in [1.807, 2.05) is 25.1 Å². The van der Waals surface area contributed by atoms with Crippen LogP contribution in [0, 0.1) is 11.3 Å². The molecule has 10 heteroatoms. The largest absolute Gasteiger partial charge is 0.493 e. The molecule has 1 aromatic carbocycles. The van der Waals surface area contributed by atoms with Crippen LogP contribution < -0.4 is 20.8 Å². The van der Waals surface area contributed by atoms with Crippen molar-refractivity contribution >= 4 is 44.7 Å². The van der Waals surface area contributed by atoms with E-state index in [1.54, 1.807) is 31.4 Å². The molecule has 2 fully saturated rings. The van der Waals surface area contributed by atoms with Crippen LogP contribution in [0.4, 0.5) is 0 Å². The molecular formula is C29H30ClN3O5S. The van der Waals surface area contributed by atoms with E-state index in [1.165, 1.54) is 22.2 Å². The molecule has 2 aliphatic rings. The molecular weight excluding hydrogens is 538 g/mol. The highest BCUT2D eigenvalue weighted by molar-refractivity contribution is 7.20. The molecule has 0 bridgehead atoms. The number of nitrogens with zero attached hydrogens (tertiary/aromatic N) is 2. The molecule has 2 saturated carbocycles. The molecule has 0 spiro atoms. The summed E-state index contributed by atoms with van der Waals surface area (Å²) in [6.07, 6.45) is 9.87. The van der Waals surface area contributed by atoms with Crippen LogP contribution in [0.2, 0.25) is 0 Å². The number of carbonyl (C=O) groups is 1. The molecule has 0 amide bonds. The zero-order valence-electron chi connectivity index (χ0n) is 21.8. The van der Waals surface area contributed by atoms with E-state index >= 15 is 0 Å². The summed E-state index contributed by atoms with van der Waals surface area (Å²) >= 11 is 7.25. The van der Waals surface area contributed by atoms with E-state index in [0.717, 1.165) is 29.7 Å². The van der Waals surface area contributed by atoms with Gasteiger partial charge in [-0.05, 0) is 62.0 Å². The van der Waals surface area contributed by atoms with Crippen molar-refractivity contribution in [3.63, 3.8) is 0 Å². The van der Waals surface area contributed by atoms with Crippen molar-refractivity contribution in [2.45, 2.75) is 32.3 Å². The van der Waals surface area contributed by atoms with Gasteiger partial charge in [0.05, 0.1) is 31.5 Å². The normalized spacial score (nSPS) is 20.8. The van der Waals surface area contributed by atoms with Crippen molar-refractivity contribution in [2.75, 3.05) is 20.3 Å². The molecule has 2 aliphatic carbocycles. The average Bonchev–Trinajstić information content (AvgIpc) is 3.85. The first kappa shape index (κ1) is 27.2. The first-order valence-electron chi connectivity index (χ1n) is 12.7. The molecule has 0 aliphatic heterocycles. The van der Waals surface area contributed by atoms with Crippen LogP contribution in [0.25, 0.3) is 21.5 Å². The summed E-state index contributed by atoms with van der Waals surface area (Å²) in [6.45, 7) is 5.89. The summed E-state index contributed by atoms with van der Waals surface area (Å²) < 4.78 is 19.4. The maximum Gasteiger partial charge on any atom is 0.319 e. The Bertz CT molecular complexity index is 1550. The summed E-state index contributed by atoms with van der Waals surface area (Å²) in [4.78, 5) is 30.6. The molecule has 204 valence electrons. The number of methoxy groups -OCH3 is 1. The predicted octanol–water partition coefficient (Wildman–Crippen LogP) is 5.22. The first-order valence-corrected chi connectivity index (χ1v) is 13.9. The summed E-state index contributed by atoms with van der Waals surface area (Å²) in [5.74, 6) is 1.15. The standard InChI is InChI=1S/C29H30ClN3O5S/c1-4-18(6-5-17(2)30)24-12-21-27(39-24)28(35)33(16-32-21)20-9-10-22(23(11-20)36-3)37-15-29(19-7-8-19)13-25(29)38-26(34)14-31/h4-6,9-12,16,19,25H,2,7-8,13-15,31H2,1,3H3/b6-5-,18-4+/t25?,29-/m0/s1. The third-order valence-corrected chi connectivity index (χ3v) is 8.56. The van der Waals surface area contributed by atoms with Crippen LogP contribution in [0.3, 0.4) is 0 Å². The molecule has 5 rings (SSSR count). The fraction of sp³-hybridized carbons (Fsp3) is 0.345. The summed E-state index contributed by atoms with van der Waals surface area (Å²) in [6, 6.07) is 7.24. The Labute approximate surface area is 235 Å². The zero-order chi connectivity index (χ0) is 27.7. The van der Waals surface area contributed by atoms with E-state index in [-0.39, 0.29) is 23.6 Å². The zero-order valence-corrected chi connectivity index (χ0v) is 23.4. The number of hydrogen-bond acceptors (Lipinski definition) is 8. The van der Waals surface area contributed by atoms with Gasteiger partial charge in [0.1, 0.15) is 17.1 Å². The predicted molar refractivity (Wildman–Crippen MR) is 154 cm³/mol. The van der Waals surface area contributed by atoms with E-state index in [9.17, 15) is 9.59 Å². The number of nitrogens with two attached hydrogens (primary N) is 1. The minimum atomic E-state index is -0.391. The number of rotatable bonds is 11. The summed E-state index contributed by atoms with van der Waals surface area (Å²) in [7, 11) is 1.56. The lowest BCUT2D eigenvalue weighted by molar-refractivity contribution is -0.144. The Hall–Kier alpha value is -3.40. The summed E-state index contributed by atoms with van der Waals surface area (Å²) in [5.41, 5.74) is 7.22. The average molecular weight is 568 g/mol. The van der Waals surface area contributed by atoms with Crippen molar-refractivity contribution in [1.82, 2.24) is 9.55 Å². The molecule has 2 N–H and O–H groups in total. The fourth-order valence-corrected chi connectivity index (χ4v) is 6.05. The number of aromatic nitrogens is 2. The van der Waals surface area contributed by atoms with Crippen LogP contribution in [-0.2, 0) is 9.53 Å². The van der Waals surface area contributed by atoms with Gasteiger partial charge in [-0.15, -0.1) is 11.3 Å². The first-order chi connectivity index (χ1) is 18.8. The van der Waals surface area contributed by atoms with Crippen LogP contribution in [0.5, 0.6) is 11.5 Å². The number of ether oxygens (including phenoxy) is 3. The van der Waals surface area contributed by atoms with Gasteiger partial charge in [0, 0.05) is 21.4 Å². The second-order valence-electron chi connectivity index (χ2n) is 9.79. The molecule has 0 radical (unpaired) electrons. The highest BCUT2D eigenvalue weighted by Gasteiger charge is 2.65. The Morgan fingerprint density at radius 2 is 2.10 bits per heavy atom. The highest BCUT2D eigenvalue weighted by atomic mass is 35.5. The Balaban J connectivity index is 1.38. The Morgan fingerprint density at radius 1 is 1.31 bits per heavy atom. The molecule has 0 saturated heterocycles. The van der Waals surface area contributed by atoms with Gasteiger partial charge in [-0.3, -0.25) is 14.2 Å². The number of allylic oxidation sites excluding steroid dienone is 5. The maximum atomic E-state index is 13.4. The summed E-state index contributed by atoms with van der Waals surface area (Å²) in [5, 5.41) is 0.423. The third-order valence-electron chi connectivity index (χ3n) is 7.28. The van der Waals surface area contributed by atoms with Crippen molar-refractivity contribution in [3.8, 4) is 17.2 Å². The van der Waals surface area contributed by atoms with Crippen molar-refractivity contribution in [2.24, 2.45) is 17.1 Å². The van der Waals surface area contributed by atoms with Gasteiger partial charge >= 0.3 is 5.97 Å². The fourth-order valence-electron chi connectivity index (χ4n) is 4.89. The van der Waals surface area contributed by atoms with Crippen LogP contribution in [0.15, 0.2) is 65.2 Å². The number of thiophene rings is 1. The van der Waals surface area contributed by atoms with Crippen molar-refractivity contribution in [3.05, 3.63) is 75.7 Å². The number of esters is 1. The smallest absolute Gasteiger partial charge is 0.319 e. The Morgan fingerprint density at radius 3 is 2.77 bits per heavy atom. The van der Waals surface area contributed by atoms with Gasteiger partial charge < -0.3 is 19.9 Å². The topological polar surface area (TPSA) is 106 Å². The molecule has 2 atom stereocenters. The van der Waals surface area contributed by atoms with Gasteiger partial charge in [-0.1, -0.05) is 30.3 Å². The van der Waals surface area contributed by atoms with E-state index < -0.39 is 5.97 Å². The van der Waals surface area contributed by atoms with Crippen LogP contribution in [-0.4, -0.2) is 41.9 Å². The van der Waals surface area contributed by atoms with E-state index in [2.05, 4.69) is 11.6 Å². The van der Waals surface area contributed by atoms with Crippen LogP contribution in [0.1, 0.15) is 31.1 Å². The van der Waals surface area contributed by atoms with Gasteiger partial charge in [0.2, 0.25) is 0 Å². The van der Waals surface area contributed by atoms with Crippen molar-refractivity contribution in [1.29, 1.82) is 0 Å². The second kappa shape index (κ2) is 11.0. The van der Waals surface area contributed by atoms with E-state index in [0.29, 0.717) is 45.0 Å². The van der Waals surface area contributed by atoms with Gasteiger partial charge in [0.15, 0.2) is 11.5 Å². The quantitative estimate of drug-likeness (QED) is 0.250. The maximum absolute atomic E-state index is 13.4. The van der Waals surface area contributed by atoms with Gasteiger partial charge in [0.25, 0.3) is 5.56 Å². The lowest BCUT2D eigenvalue weighted by Crippen LogP contribution is -2.25. The number of hydrogen-bond donors (Lipinski definition) is 1. The number of halogens is 1. The third kappa shape index (κ3) is 5.52. The lowest BCUT2D eigenvalue weighted by Gasteiger charge is -2.19. The minimum Gasteiger partial charge on any atom is -0.493 e. The molecule has 8 nitrogen and oxygen atoms in total. The lowest BCUT2D eigenvalue weighted by atomic mass is 10.0. The molecule has 39 heavy (non-hydrogen) atoms. The second-order valence-corrected chi connectivity index (χ2v) is 11.3. The SMILES string of the molecule is C=C(Cl)/C=C\C(=C/C)c1cc2ncn(-c3ccc(OC[C@]4(C5CC5)CC4OC(=O)CN)c(OC)c3)c(=O)c2s1. The number of fused-ring (bicyclic) bond motifs is 1. The molecule has 2 heterocycles. The van der Waals surface area contributed by atoms with Gasteiger partial charge in [-0.25, -0.2) is 4.98 Å². The monoisotopic (exact) mass is 567 g/mol. The van der Waals surface area contributed by atoms with E-state index in [4.69, 9.17) is 31.5 Å². The highest BCUT2D eigenvalue weighted by Crippen LogP contribution is 2.62. The van der Waals surface area contributed by atoms with Gasteiger partial charge in [-0.2, -0.15) is 0 Å². The minimum absolute atomic E-state index is 0.127. The number of benzene rings is 1. The molecule has 3 aromatic rings. The molecule has 2 aromatic heterocycles. The van der Waals surface area contributed by atoms with Crippen LogP contribution >= 0.6 is 22.9 Å². The van der Waals surface area contributed by atoms with Crippen molar-refractivity contribution < 1.29 is 19.0 Å². The number of carbonyl (C=O) groups excluding carboxylic acids is 1. The molecule has 1 unspecified atom stereocenters.